The van der Waals surface area contributed by atoms with E-state index in [0.717, 1.165) is 35.3 Å². The fourth-order valence-corrected chi connectivity index (χ4v) is 3.56. The van der Waals surface area contributed by atoms with Crippen molar-refractivity contribution >= 4 is 5.57 Å². The molecule has 140 valence electrons. The van der Waals surface area contributed by atoms with Crippen LogP contribution in [-0.2, 0) is 20.6 Å². The van der Waals surface area contributed by atoms with Gasteiger partial charge >= 0.3 is 0 Å². The number of fused-ring (bicyclic) bond motifs is 1. The molecule has 26 heavy (non-hydrogen) atoms. The highest BCUT2D eigenvalue weighted by Gasteiger charge is 2.29. The van der Waals surface area contributed by atoms with Gasteiger partial charge in [0.25, 0.3) is 0 Å². The van der Waals surface area contributed by atoms with Gasteiger partial charge in [0.05, 0.1) is 14.2 Å². The van der Waals surface area contributed by atoms with Crippen LogP contribution in [-0.4, -0.2) is 33.0 Å². The Balaban J connectivity index is 1.90. The van der Waals surface area contributed by atoms with Crippen LogP contribution in [0.4, 0.5) is 0 Å². The summed E-state index contributed by atoms with van der Waals surface area (Å²) < 4.78 is 22.6. The second-order valence-electron chi connectivity index (χ2n) is 7.40. The standard InChI is InChI=1S/C22H28O4/c1-14(17-12-19(23-4)21(25-6)20(13-17)24-5)15-7-8-18-16(11-15)9-10-22(2,3)26-18/h7-8,11-12,20H,1,9-10,13H2,2-6H3. The van der Waals surface area contributed by atoms with E-state index in [1.165, 1.54) is 5.56 Å². The minimum Gasteiger partial charge on any atom is -0.494 e. The summed E-state index contributed by atoms with van der Waals surface area (Å²) in [6, 6.07) is 6.33. The van der Waals surface area contributed by atoms with Gasteiger partial charge in [0.2, 0.25) is 0 Å². The van der Waals surface area contributed by atoms with E-state index in [1.807, 2.05) is 6.08 Å². The van der Waals surface area contributed by atoms with E-state index in [-0.39, 0.29) is 11.7 Å². The first-order chi connectivity index (χ1) is 12.4. The molecule has 1 atom stereocenters. The fraction of sp³-hybridized carbons (Fsp3) is 0.455. The smallest absolute Gasteiger partial charge is 0.166 e. The van der Waals surface area contributed by atoms with Crippen molar-refractivity contribution in [3.63, 3.8) is 0 Å². The third-order valence-corrected chi connectivity index (χ3v) is 5.15. The Kier molecular flexibility index (Phi) is 5.15. The van der Waals surface area contributed by atoms with Gasteiger partial charge in [-0.15, -0.1) is 0 Å². The number of aryl methyl sites for hydroxylation is 1. The Labute approximate surface area is 156 Å². The molecule has 4 heteroatoms. The van der Waals surface area contributed by atoms with Crippen LogP contribution >= 0.6 is 0 Å². The second kappa shape index (κ2) is 7.20. The number of hydrogen-bond acceptors (Lipinski definition) is 4. The fourth-order valence-electron chi connectivity index (χ4n) is 3.56. The molecule has 1 unspecified atom stereocenters. The van der Waals surface area contributed by atoms with Gasteiger partial charge in [-0.1, -0.05) is 12.6 Å². The third-order valence-electron chi connectivity index (χ3n) is 5.15. The first kappa shape index (κ1) is 18.6. The molecule has 0 N–H and O–H groups in total. The molecule has 1 aromatic carbocycles. The number of rotatable bonds is 5. The number of ether oxygens (including phenoxy) is 4. The Hall–Kier alpha value is -2.20. The molecule has 0 radical (unpaired) electrons. The van der Waals surface area contributed by atoms with Crippen LogP contribution in [0, 0.1) is 0 Å². The first-order valence-corrected chi connectivity index (χ1v) is 8.95. The monoisotopic (exact) mass is 356 g/mol. The van der Waals surface area contributed by atoms with E-state index in [9.17, 15) is 0 Å². The SMILES string of the molecule is C=C(C1=CC(OC)=C(OC)C(OC)C1)c1ccc2c(c1)CCC(C)(C)O2. The van der Waals surface area contributed by atoms with Crippen molar-refractivity contribution < 1.29 is 18.9 Å². The van der Waals surface area contributed by atoms with Crippen LogP contribution in [0.5, 0.6) is 5.75 Å². The summed E-state index contributed by atoms with van der Waals surface area (Å²) in [5.74, 6) is 2.38. The quantitative estimate of drug-likeness (QED) is 0.769. The van der Waals surface area contributed by atoms with Crippen LogP contribution in [0.2, 0.25) is 0 Å². The molecule has 0 spiro atoms. The molecule has 4 nitrogen and oxygen atoms in total. The molecule has 3 rings (SSSR count). The molecule has 1 aliphatic heterocycles. The van der Waals surface area contributed by atoms with E-state index < -0.39 is 0 Å². The predicted octanol–water partition coefficient (Wildman–Crippen LogP) is 4.65. The number of hydrogen-bond donors (Lipinski definition) is 0. The minimum atomic E-state index is -0.173. The third kappa shape index (κ3) is 3.51. The summed E-state index contributed by atoms with van der Waals surface area (Å²) in [6.07, 6.45) is 4.55. The Morgan fingerprint density at radius 3 is 2.62 bits per heavy atom. The highest BCUT2D eigenvalue weighted by molar-refractivity contribution is 5.79. The maximum atomic E-state index is 6.09. The maximum Gasteiger partial charge on any atom is 0.166 e. The van der Waals surface area contributed by atoms with E-state index in [1.54, 1.807) is 21.3 Å². The normalized spacial score (nSPS) is 21.4. The number of allylic oxidation sites excluding steroid dienone is 2. The zero-order valence-corrected chi connectivity index (χ0v) is 16.3. The van der Waals surface area contributed by atoms with Gasteiger partial charge < -0.3 is 18.9 Å². The van der Waals surface area contributed by atoms with Crippen molar-refractivity contribution in [1.29, 1.82) is 0 Å². The van der Waals surface area contributed by atoms with E-state index >= 15 is 0 Å². The lowest BCUT2D eigenvalue weighted by Gasteiger charge is -2.33. The van der Waals surface area contributed by atoms with Gasteiger partial charge in [-0.2, -0.15) is 0 Å². The zero-order chi connectivity index (χ0) is 18.9. The molecule has 1 aliphatic carbocycles. The molecule has 0 saturated heterocycles. The van der Waals surface area contributed by atoms with E-state index in [4.69, 9.17) is 18.9 Å². The minimum absolute atomic E-state index is 0.0994. The van der Waals surface area contributed by atoms with Gasteiger partial charge in [-0.3, -0.25) is 0 Å². The summed E-state index contributed by atoms with van der Waals surface area (Å²) in [6.45, 7) is 8.59. The molecule has 0 aromatic heterocycles. The Morgan fingerprint density at radius 2 is 1.96 bits per heavy atom. The average molecular weight is 356 g/mol. The summed E-state index contributed by atoms with van der Waals surface area (Å²) in [4.78, 5) is 0. The van der Waals surface area contributed by atoms with Crippen molar-refractivity contribution in [2.45, 2.75) is 44.8 Å². The van der Waals surface area contributed by atoms with E-state index in [0.29, 0.717) is 17.9 Å². The van der Waals surface area contributed by atoms with Crippen molar-refractivity contribution in [3.8, 4) is 5.75 Å². The summed E-state index contributed by atoms with van der Waals surface area (Å²) in [7, 11) is 4.96. The van der Waals surface area contributed by atoms with Gasteiger partial charge in [0, 0.05) is 13.5 Å². The highest BCUT2D eigenvalue weighted by Crippen LogP contribution is 2.38. The van der Waals surface area contributed by atoms with Crippen molar-refractivity contribution in [1.82, 2.24) is 0 Å². The van der Waals surface area contributed by atoms with Gasteiger partial charge in [-0.25, -0.2) is 0 Å². The van der Waals surface area contributed by atoms with Crippen molar-refractivity contribution in [2.75, 3.05) is 21.3 Å². The predicted molar refractivity (Wildman–Crippen MR) is 103 cm³/mol. The lowest BCUT2D eigenvalue weighted by molar-refractivity contribution is 0.0661. The molecule has 0 fully saturated rings. The molecule has 1 aromatic rings. The van der Waals surface area contributed by atoms with Crippen LogP contribution in [0.25, 0.3) is 5.57 Å². The molecule has 2 aliphatic rings. The highest BCUT2D eigenvalue weighted by atomic mass is 16.5. The summed E-state index contributed by atoms with van der Waals surface area (Å²) >= 11 is 0. The van der Waals surface area contributed by atoms with Gasteiger partial charge in [0.15, 0.2) is 11.5 Å². The lowest BCUT2D eigenvalue weighted by Crippen LogP contribution is -2.32. The molecular formula is C22H28O4. The summed E-state index contributed by atoms with van der Waals surface area (Å²) in [5, 5.41) is 0. The first-order valence-electron chi connectivity index (χ1n) is 8.95. The maximum absolute atomic E-state index is 6.09. The van der Waals surface area contributed by atoms with Crippen molar-refractivity contribution in [3.05, 3.63) is 59.1 Å². The molecule has 1 heterocycles. The molecule has 0 saturated carbocycles. The lowest BCUT2D eigenvalue weighted by atomic mass is 9.88. The van der Waals surface area contributed by atoms with Gasteiger partial charge in [-0.05, 0) is 67.2 Å². The molecular weight excluding hydrogens is 328 g/mol. The second-order valence-corrected chi connectivity index (χ2v) is 7.40. The van der Waals surface area contributed by atoms with Crippen LogP contribution in [0.15, 0.2) is 47.9 Å². The van der Waals surface area contributed by atoms with E-state index in [2.05, 4.69) is 38.6 Å². The van der Waals surface area contributed by atoms with Crippen LogP contribution in [0.3, 0.4) is 0 Å². The topological polar surface area (TPSA) is 36.9 Å². The van der Waals surface area contributed by atoms with Gasteiger partial charge in [0.1, 0.15) is 17.5 Å². The van der Waals surface area contributed by atoms with Crippen LogP contribution in [0.1, 0.15) is 37.8 Å². The molecule has 0 bridgehead atoms. The zero-order valence-electron chi connectivity index (χ0n) is 16.3. The number of methoxy groups -OCH3 is 3. The Bertz CT molecular complexity index is 770. The number of benzene rings is 1. The summed E-state index contributed by atoms with van der Waals surface area (Å²) in [5.41, 5.74) is 4.31. The van der Waals surface area contributed by atoms with Crippen molar-refractivity contribution in [2.24, 2.45) is 0 Å². The largest absolute Gasteiger partial charge is 0.494 e. The molecule has 0 amide bonds. The van der Waals surface area contributed by atoms with Crippen LogP contribution < -0.4 is 4.74 Å². The average Bonchev–Trinajstić information content (AvgIpc) is 2.65. The Morgan fingerprint density at radius 1 is 1.19 bits per heavy atom.